The van der Waals surface area contributed by atoms with Crippen LogP contribution in [0.4, 0.5) is 10.1 Å². The number of amides is 1. The van der Waals surface area contributed by atoms with E-state index in [1.165, 1.54) is 31.0 Å². The van der Waals surface area contributed by atoms with Gasteiger partial charge < -0.3 is 26.0 Å². The summed E-state index contributed by atoms with van der Waals surface area (Å²) in [6, 6.07) is 2.97. The van der Waals surface area contributed by atoms with Gasteiger partial charge in [-0.25, -0.2) is 9.38 Å². The van der Waals surface area contributed by atoms with Crippen molar-refractivity contribution in [2.75, 3.05) is 26.0 Å². The van der Waals surface area contributed by atoms with Crippen LogP contribution in [-0.2, 0) is 0 Å². The third kappa shape index (κ3) is 37.3. The number of nitrogens with zero attached hydrogens (tertiary/aromatic N) is 2. The Balaban J connectivity index is -0.000000146. The van der Waals surface area contributed by atoms with E-state index < -0.39 is 5.82 Å². The highest BCUT2D eigenvalue weighted by atomic mass is 19.1. The number of carbonyl (C=O) groups is 1. The molecule has 0 saturated carbocycles. The van der Waals surface area contributed by atoms with Crippen LogP contribution in [0.15, 0.2) is 54.5 Å². The molecule has 0 spiro atoms. The smallest absolute Gasteiger partial charge is 0.254 e. The van der Waals surface area contributed by atoms with E-state index in [9.17, 15) is 9.18 Å². The lowest BCUT2D eigenvalue weighted by molar-refractivity contribution is 0.0946. The van der Waals surface area contributed by atoms with Crippen LogP contribution in [0.5, 0.6) is 0 Å². The van der Waals surface area contributed by atoms with Crippen LogP contribution in [0.2, 0.25) is 0 Å². The third-order valence-corrected chi connectivity index (χ3v) is 5.91. The van der Waals surface area contributed by atoms with E-state index in [0.717, 1.165) is 25.5 Å². The monoisotopic (exact) mass is 696 g/mol. The third-order valence-electron chi connectivity index (χ3n) is 5.91. The summed E-state index contributed by atoms with van der Waals surface area (Å²) in [7, 11) is 4.01. The summed E-state index contributed by atoms with van der Waals surface area (Å²) in [6.07, 6.45) is 10.6. The van der Waals surface area contributed by atoms with E-state index in [4.69, 9.17) is 10.5 Å². The van der Waals surface area contributed by atoms with Gasteiger partial charge in [0.2, 0.25) is 0 Å². The quantitative estimate of drug-likeness (QED) is 0.0937. The van der Waals surface area contributed by atoms with Crippen molar-refractivity contribution < 1.29 is 14.3 Å². The molecule has 0 fully saturated rings. The fourth-order valence-electron chi connectivity index (χ4n) is 3.45. The average molecular weight is 696 g/mol. The Morgan fingerprint density at radius 1 is 1.02 bits per heavy atom. The van der Waals surface area contributed by atoms with Gasteiger partial charge in [0.15, 0.2) is 5.84 Å². The minimum Gasteiger partial charge on any atom is -0.516 e. The van der Waals surface area contributed by atoms with Crippen molar-refractivity contribution in [2.24, 2.45) is 10.9 Å². The van der Waals surface area contributed by atoms with Gasteiger partial charge in [-0.15, -0.1) is 0 Å². The maximum Gasteiger partial charge on any atom is 0.254 e. The normalized spacial score (nSPS) is 9.65. The maximum absolute atomic E-state index is 14.7. The van der Waals surface area contributed by atoms with Gasteiger partial charge >= 0.3 is 0 Å². The van der Waals surface area contributed by atoms with Crippen LogP contribution in [0.3, 0.4) is 0 Å². The number of aryl methyl sites for hydroxylation is 1. The van der Waals surface area contributed by atoms with E-state index >= 15 is 0 Å². The summed E-state index contributed by atoms with van der Waals surface area (Å²) in [5, 5.41) is 20.9. The first kappa shape index (κ1) is 60.9. The Labute approximate surface area is 305 Å². The predicted octanol–water partition coefficient (Wildman–Crippen LogP) is 13.1. The molecule has 8 heteroatoms. The molecule has 0 aliphatic heterocycles. The second-order valence-electron chi connectivity index (χ2n) is 9.32. The van der Waals surface area contributed by atoms with E-state index in [1.807, 2.05) is 95.2 Å². The van der Waals surface area contributed by atoms with E-state index in [0.29, 0.717) is 29.5 Å². The molecule has 0 radical (unpaired) electrons. The topological polar surface area (TPSA) is 101 Å². The number of aliphatic imine (C=N–C) groups is 1. The second-order valence-corrected chi connectivity index (χ2v) is 9.32. The fraction of sp³-hybridized carbons (Fsp3) is 0.634. The first-order chi connectivity index (χ1) is 23.4. The van der Waals surface area contributed by atoms with E-state index in [2.05, 4.69) is 49.6 Å². The van der Waals surface area contributed by atoms with Crippen LogP contribution < -0.4 is 10.6 Å². The molecule has 0 heterocycles. The van der Waals surface area contributed by atoms with E-state index in [1.54, 1.807) is 32.2 Å². The number of allylic oxidation sites excluding steroid dienone is 2. The molecular weight excluding hydrogens is 613 g/mol. The van der Waals surface area contributed by atoms with Gasteiger partial charge in [-0.05, 0) is 57.2 Å². The molecule has 1 amide bonds. The summed E-state index contributed by atoms with van der Waals surface area (Å²) >= 11 is 0. The SMILES string of the molecule is C/C=C\N=C(Nc1cc(C)c(C(=O)NCCC(CC)CCCC)c(F)c1)C(C)=N.C=C(CC)N(C)C.C=CO.CC.CC.CC.CC.CC. The molecule has 49 heavy (non-hydrogen) atoms. The number of anilines is 1. The summed E-state index contributed by atoms with van der Waals surface area (Å²) in [6.45, 7) is 38.8. The Kier molecular flexibility index (Phi) is 60.8. The molecule has 0 saturated heterocycles. The molecule has 0 aliphatic carbocycles. The summed E-state index contributed by atoms with van der Waals surface area (Å²) in [5.41, 5.74) is 2.47. The standard InChI is InChI=1S/C23H35FN4O.C6H13N.C2H4O.5C2H6/c1-6-9-10-18(8-3)11-13-27-23(29)21-16(4)14-19(15-20(21)24)28-22(17(5)25)26-12-7-2;1-5-6(2)7(3)4;1-2-3;5*1-2/h7,12,14-15,18,25H,6,8-11,13H2,1-5H3,(H,26,28)(H,27,29);2,5H2,1,3-4H3;2-3H,1H2;5*1-2H3/b12-7-,25-17?;;;;;;;. The molecular formula is C41H82FN5O2. The van der Waals surface area contributed by atoms with Crippen LogP contribution in [0, 0.1) is 24.1 Å². The lowest BCUT2D eigenvalue weighted by atomic mass is 9.96. The largest absolute Gasteiger partial charge is 0.516 e. The second kappa shape index (κ2) is 49.0. The summed E-state index contributed by atoms with van der Waals surface area (Å²) in [5.74, 6) is -0.0530. The maximum atomic E-state index is 14.7. The van der Waals surface area contributed by atoms with Gasteiger partial charge in [0.05, 0.1) is 17.5 Å². The van der Waals surface area contributed by atoms with Crippen molar-refractivity contribution in [1.29, 1.82) is 5.41 Å². The predicted molar refractivity (Wildman–Crippen MR) is 223 cm³/mol. The summed E-state index contributed by atoms with van der Waals surface area (Å²) in [4.78, 5) is 18.7. The number of rotatable bonds is 13. The number of aliphatic hydroxyl groups excluding tert-OH is 1. The zero-order chi connectivity index (χ0) is 40.4. The number of unbranched alkanes of at least 4 members (excludes halogenated alkanes) is 1. The molecule has 1 aromatic carbocycles. The molecule has 290 valence electrons. The molecule has 1 aromatic rings. The average Bonchev–Trinajstić information content (AvgIpc) is 3.12. The number of aliphatic hydroxyl groups is 1. The van der Waals surface area contributed by atoms with Gasteiger partial charge in [0.1, 0.15) is 5.82 Å². The molecule has 0 bridgehead atoms. The molecule has 4 N–H and O–H groups in total. The van der Waals surface area contributed by atoms with Crippen LogP contribution >= 0.6 is 0 Å². The molecule has 1 unspecified atom stereocenters. The van der Waals surface area contributed by atoms with Crippen LogP contribution in [0.25, 0.3) is 0 Å². The number of amidine groups is 1. The molecule has 1 rings (SSSR count). The number of carbonyl (C=O) groups excluding carboxylic acids is 1. The summed E-state index contributed by atoms with van der Waals surface area (Å²) < 4.78 is 14.7. The van der Waals surface area contributed by atoms with Crippen molar-refractivity contribution in [3.63, 3.8) is 0 Å². The zero-order valence-electron chi connectivity index (χ0n) is 35.5. The van der Waals surface area contributed by atoms with Crippen molar-refractivity contribution in [2.45, 2.75) is 149 Å². The minimum absolute atomic E-state index is 0.0654. The first-order valence-corrected chi connectivity index (χ1v) is 18.6. The first-order valence-electron chi connectivity index (χ1n) is 18.6. The lowest BCUT2D eigenvalue weighted by Gasteiger charge is -2.16. The number of benzene rings is 1. The zero-order valence-corrected chi connectivity index (χ0v) is 35.5. The van der Waals surface area contributed by atoms with Crippen molar-refractivity contribution >= 4 is 23.1 Å². The number of hydrogen-bond acceptors (Lipinski definition) is 5. The van der Waals surface area contributed by atoms with E-state index in [-0.39, 0.29) is 17.2 Å². The lowest BCUT2D eigenvalue weighted by Crippen LogP contribution is -2.28. The number of halogens is 1. The van der Waals surface area contributed by atoms with Gasteiger partial charge in [-0.3, -0.25) is 4.79 Å². The molecule has 0 aliphatic rings. The van der Waals surface area contributed by atoms with Crippen LogP contribution in [0.1, 0.15) is 158 Å². The Morgan fingerprint density at radius 3 is 1.84 bits per heavy atom. The van der Waals surface area contributed by atoms with Crippen molar-refractivity contribution in [3.05, 3.63) is 66.5 Å². The fourth-order valence-corrected chi connectivity index (χ4v) is 3.45. The van der Waals surface area contributed by atoms with Gasteiger partial charge in [-0.1, -0.05) is 135 Å². The van der Waals surface area contributed by atoms with Gasteiger partial charge in [0.25, 0.3) is 5.91 Å². The highest BCUT2D eigenvalue weighted by molar-refractivity contribution is 6.43. The van der Waals surface area contributed by atoms with Gasteiger partial charge in [-0.2, -0.15) is 0 Å². The Morgan fingerprint density at radius 2 is 1.51 bits per heavy atom. The molecule has 7 nitrogen and oxygen atoms in total. The van der Waals surface area contributed by atoms with Crippen molar-refractivity contribution in [1.82, 2.24) is 10.2 Å². The Bertz CT molecular complexity index is 934. The van der Waals surface area contributed by atoms with Crippen LogP contribution in [-0.4, -0.2) is 48.1 Å². The Hall–Kier alpha value is -3.42. The minimum atomic E-state index is -0.587. The highest BCUT2D eigenvalue weighted by Crippen LogP contribution is 2.21. The van der Waals surface area contributed by atoms with Crippen molar-refractivity contribution in [3.8, 4) is 0 Å². The number of nitrogens with one attached hydrogen (secondary N) is 3. The highest BCUT2D eigenvalue weighted by Gasteiger charge is 2.17. The molecule has 1 atom stereocenters. The molecule has 0 aromatic heterocycles. The van der Waals surface area contributed by atoms with Gasteiger partial charge in [0, 0.05) is 38.2 Å². The number of hydrogen-bond donors (Lipinski definition) is 4.